The molecule has 0 saturated heterocycles. The number of nitrogens with two attached hydrogens (primary N) is 1. The Morgan fingerprint density at radius 1 is 1.44 bits per heavy atom. The molecule has 0 radical (unpaired) electrons. The zero-order valence-electron chi connectivity index (χ0n) is 8.77. The van der Waals surface area contributed by atoms with Gasteiger partial charge in [-0.2, -0.15) is 5.26 Å². The summed E-state index contributed by atoms with van der Waals surface area (Å²) in [5.74, 6) is 0.478. The van der Waals surface area contributed by atoms with Crippen molar-refractivity contribution in [2.24, 2.45) is 5.73 Å². The fourth-order valence-corrected chi connectivity index (χ4v) is 1.10. The first-order chi connectivity index (χ1) is 7.76. The van der Waals surface area contributed by atoms with Crippen molar-refractivity contribution in [1.29, 1.82) is 5.26 Å². The normalized spacial score (nSPS) is 9.25. The molecule has 3 N–H and O–H groups in total. The molecule has 1 amide bonds. The van der Waals surface area contributed by atoms with Crippen LogP contribution in [0.5, 0.6) is 5.75 Å². The number of anilines is 1. The van der Waals surface area contributed by atoms with Crippen molar-refractivity contribution in [3.05, 3.63) is 24.3 Å². The molecule has 84 valence electrons. The van der Waals surface area contributed by atoms with E-state index in [-0.39, 0.29) is 12.5 Å². The predicted molar refractivity (Wildman–Crippen MR) is 59.9 cm³/mol. The van der Waals surface area contributed by atoms with Crippen molar-refractivity contribution < 1.29 is 9.53 Å². The maximum absolute atomic E-state index is 11.2. The van der Waals surface area contributed by atoms with Gasteiger partial charge in [0.1, 0.15) is 11.8 Å². The molecule has 0 atom stereocenters. The Morgan fingerprint density at radius 2 is 2.12 bits per heavy atom. The van der Waals surface area contributed by atoms with E-state index >= 15 is 0 Å². The van der Waals surface area contributed by atoms with Gasteiger partial charge in [0.15, 0.2) is 6.61 Å². The second-order valence-electron chi connectivity index (χ2n) is 3.06. The number of hydrogen-bond donors (Lipinski definition) is 2. The highest BCUT2D eigenvalue weighted by Gasteiger charge is 2.00. The van der Waals surface area contributed by atoms with Gasteiger partial charge in [0.05, 0.1) is 0 Å². The van der Waals surface area contributed by atoms with E-state index in [4.69, 9.17) is 15.7 Å². The molecule has 0 aliphatic heterocycles. The van der Waals surface area contributed by atoms with Crippen LogP contribution in [0.1, 0.15) is 6.42 Å². The van der Waals surface area contributed by atoms with Gasteiger partial charge in [0.2, 0.25) is 5.91 Å². The Kier molecular flexibility index (Phi) is 4.83. The highest BCUT2D eigenvalue weighted by molar-refractivity contribution is 5.90. The van der Waals surface area contributed by atoms with Crippen molar-refractivity contribution in [3.8, 4) is 11.8 Å². The summed E-state index contributed by atoms with van der Waals surface area (Å²) in [6.45, 7) is 0.341. The molecule has 0 aliphatic carbocycles. The fraction of sp³-hybridized carbons (Fsp3) is 0.273. The topological polar surface area (TPSA) is 88.1 Å². The summed E-state index contributed by atoms with van der Waals surface area (Å²) in [6, 6.07) is 8.67. The molecule has 1 aromatic rings. The van der Waals surface area contributed by atoms with Crippen molar-refractivity contribution >= 4 is 11.6 Å². The first kappa shape index (κ1) is 12.0. The van der Waals surface area contributed by atoms with E-state index in [1.54, 1.807) is 24.3 Å². The third kappa shape index (κ3) is 3.98. The minimum atomic E-state index is -0.117. The minimum absolute atomic E-state index is 0.0128. The predicted octanol–water partition coefficient (Wildman–Crippen LogP) is 0.876. The second-order valence-corrected chi connectivity index (χ2v) is 3.06. The summed E-state index contributed by atoms with van der Waals surface area (Å²) >= 11 is 0. The van der Waals surface area contributed by atoms with E-state index < -0.39 is 0 Å². The van der Waals surface area contributed by atoms with E-state index in [0.29, 0.717) is 24.4 Å². The Labute approximate surface area is 93.8 Å². The van der Waals surface area contributed by atoms with Crippen LogP contribution in [0.3, 0.4) is 0 Å². The summed E-state index contributed by atoms with van der Waals surface area (Å²) in [5.41, 5.74) is 5.93. The Bertz CT molecular complexity index is 381. The first-order valence-electron chi connectivity index (χ1n) is 4.86. The SMILES string of the molecule is N#CCOc1ccc(NC(=O)CCN)cc1. The molecule has 0 aliphatic rings. The van der Waals surface area contributed by atoms with Gasteiger partial charge in [0, 0.05) is 18.7 Å². The van der Waals surface area contributed by atoms with E-state index in [9.17, 15) is 4.79 Å². The van der Waals surface area contributed by atoms with Gasteiger partial charge in [-0.05, 0) is 24.3 Å². The van der Waals surface area contributed by atoms with Crippen molar-refractivity contribution in [1.82, 2.24) is 0 Å². The van der Waals surface area contributed by atoms with Crippen LogP contribution in [0, 0.1) is 11.3 Å². The maximum atomic E-state index is 11.2. The van der Waals surface area contributed by atoms with Gasteiger partial charge >= 0.3 is 0 Å². The van der Waals surface area contributed by atoms with E-state index in [1.165, 1.54) is 0 Å². The molecule has 1 rings (SSSR count). The zero-order chi connectivity index (χ0) is 11.8. The summed E-state index contributed by atoms with van der Waals surface area (Å²) in [4.78, 5) is 11.2. The second kappa shape index (κ2) is 6.43. The maximum Gasteiger partial charge on any atom is 0.225 e. The zero-order valence-corrected chi connectivity index (χ0v) is 8.77. The molecule has 16 heavy (non-hydrogen) atoms. The van der Waals surface area contributed by atoms with Crippen molar-refractivity contribution in [2.75, 3.05) is 18.5 Å². The van der Waals surface area contributed by atoms with Crippen LogP contribution < -0.4 is 15.8 Å². The third-order valence-electron chi connectivity index (χ3n) is 1.81. The molecule has 0 saturated carbocycles. The van der Waals surface area contributed by atoms with Gasteiger partial charge in [-0.15, -0.1) is 0 Å². The van der Waals surface area contributed by atoms with Gasteiger partial charge in [-0.1, -0.05) is 0 Å². The molecule has 0 fully saturated rings. The lowest BCUT2D eigenvalue weighted by Crippen LogP contribution is -2.16. The Balaban J connectivity index is 2.51. The van der Waals surface area contributed by atoms with Gasteiger partial charge in [-0.25, -0.2) is 0 Å². The van der Waals surface area contributed by atoms with Gasteiger partial charge in [-0.3, -0.25) is 4.79 Å². The molecule has 1 aromatic carbocycles. The molecule has 0 heterocycles. The molecule has 0 aromatic heterocycles. The average Bonchev–Trinajstić information content (AvgIpc) is 2.28. The number of rotatable bonds is 5. The van der Waals surface area contributed by atoms with Crippen molar-refractivity contribution in [3.63, 3.8) is 0 Å². The molecule has 5 nitrogen and oxygen atoms in total. The number of nitrogens with one attached hydrogen (secondary N) is 1. The van der Waals surface area contributed by atoms with Gasteiger partial charge in [0.25, 0.3) is 0 Å². The molecule has 0 spiro atoms. The van der Waals surface area contributed by atoms with Crippen LogP contribution in [0.25, 0.3) is 0 Å². The Hall–Kier alpha value is -2.06. The number of amides is 1. The summed E-state index contributed by atoms with van der Waals surface area (Å²) in [6.07, 6.45) is 0.298. The smallest absolute Gasteiger partial charge is 0.225 e. The largest absolute Gasteiger partial charge is 0.479 e. The fourth-order valence-electron chi connectivity index (χ4n) is 1.10. The Morgan fingerprint density at radius 3 is 2.69 bits per heavy atom. The van der Waals surface area contributed by atoms with E-state index in [1.807, 2.05) is 6.07 Å². The number of carbonyl (C=O) groups is 1. The molecule has 0 unspecified atom stereocenters. The summed E-state index contributed by atoms with van der Waals surface area (Å²) < 4.78 is 5.07. The minimum Gasteiger partial charge on any atom is -0.479 e. The van der Waals surface area contributed by atoms with E-state index in [0.717, 1.165) is 0 Å². The highest BCUT2D eigenvalue weighted by Crippen LogP contribution is 2.15. The standard InChI is InChI=1S/C11H13N3O2/c12-6-5-11(15)14-9-1-3-10(4-2-9)16-8-7-13/h1-4H,5-6,8,12H2,(H,14,15). The van der Waals surface area contributed by atoms with Crippen molar-refractivity contribution in [2.45, 2.75) is 6.42 Å². The van der Waals surface area contributed by atoms with Crippen LogP contribution in [-0.4, -0.2) is 19.1 Å². The number of ether oxygens (including phenoxy) is 1. The lowest BCUT2D eigenvalue weighted by atomic mass is 10.3. The average molecular weight is 219 g/mol. The molecular weight excluding hydrogens is 206 g/mol. The molecular formula is C11H13N3O2. The van der Waals surface area contributed by atoms with Crippen LogP contribution in [-0.2, 0) is 4.79 Å². The summed E-state index contributed by atoms with van der Waals surface area (Å²) in [7, 11) is 0. The summed E-state index contributed by atoms with van der Waals surface area (Å²) in [5, 5.41) is 11.0. The molecule has 5 heteroatoms. The number of carbonyl (C=O) groups excluding carboxylic acids is 1. The monoisotopic (exact) mass is 219 g/mol. The number of nitrogens with zero attached hydrogens (tertiary/aromatic N) is 1. The van der Waals surface area contributed by atoms with Crippen LogP contribution in [0.15, 0.2) is 24.3 Å². The van der Waals surface area contributed by atoms with Crippen LogP contribution >= 0.6 is 0 Å². The third-order valence-corrected chi connectivity index (χ3v) is 1.81. The van der Waals surface area contributed by atoms with E-state index in [2.05, 4.69) is 5.32 Å². The first-order valence-corrected chi connectivity index (χ1v) is 4.86. The lowest BCUT2D eigenvalue weighted by molar-refractivity contribution is -0.116. The van der Waals surface area contributed by atoms with Crippen LogP contribution in [0.4, 0.5) is 5.69 Å². The quantitative estimate of drug-likeness (QED) is 0.769. The highest BCUT2D eigenvalue weighted by atomic mass is 16.5. The number of benzene rings is 1. The molecule has 0 bridgehead atoms. The number of nitriles is 1. The van der Waals surface area contributed by atoms with Gasteiger partial charge < -0.3 is 15.8 Å². The number of hydrogen-bond acceptors (Lipinski definition) is 4. The van der Waals surface area contributed by atoms with Crippen LogP contribution in [0.2, 0.25) is 0 Å². The lowest BCUT2D eigenvalue weighted by Gasteiger charge is -2.05.